The van der Waals surface area contributed by atoms with Crippen LogP contribution in [0.15, 0.2) is 47.0 Å². The summed E-state index contributed by atoms with van der Waals surface area (Å²) in [6.45, 7) is 0.799. The van der Waals surface area contributed by atoms with Gasteiger partial charge in [0.05, 0.1) is 5.56 Å². The third kappa shape index (κ3) is 3.21. The third-order valence-electron chi connectivity index (χ3n) is 5.75. The van der Waals surface area contributed by atoms with Crippen LogP contribution in [0.4, 0.5) is 0 Å². The Bertz CT molecular complexity index is 1590. The second-order valence-corrected chi connectivity index (χ2v) is 7.91. The highest BCUT2D eigenvalue weighted by Gasteiger charge is 2.23. The molecular weight excluding hydrogens is 368 g/mol. The van der Waals surface area contributed by atoms with Crippen LogP contribution in [0.3, 0.4) is 0 Å². The van der Waals surface area contributed by atoms with E-state index in [2.05, 4.69) is 4.98 Å². The van der Waals surface area contributed by atoms with Crippen LogP contribution >= 0.6 is 0 Å². The minimum Gasteiger partial charge on any atom is -0.437 e. The summed E-state index contributed by atoms with van der Waals surface area (Å²) in [6.07, 6.45) is -2.07. The molecule has 3 heteroatoms. The molecule has 1 saturated carbocycles. The molecule has 0 amide bonds. The molecule has 1 aliphatic carbocycles. The first-order chi connectivity index (χ1) is 17.9. The number of hydrogen-bond donors (Lipinski definition) is 0. The molecule has 3 aromatic heterocycles. The van der Waals surface area contributed by atoms with Gasteiger partial charge in [0.15, 0.2) is 11.8 Å². The van der Waals surface area contributed by atoms with Crippen LogP contribution in [0.2, 0.25) is 0 Å². The van der Waals surface area contributed by atoms with Crippen LogP contribution in [0.25, 0.3) is 33.3 Å². The van der Waals surface area contributed by atoms with Gasteiger partial charge < -0.3 is 4.42 Å². The Morgan fingerprint density at radius 1 is 1.17 bits per heavy atom. The Kier molecular flexibility index (Phi) is 2.92. The summed E-state index contributed by atoms with van der Waals surface area (Å²) in [5.74, 6) is -3.98. The molecule has 4 aromatic rings. The lowest BCUT2D eigenvalue weighted by molar-refractivity contribution is -0.660. The molecule has 3 heterocycles. The zero-order valence-corrected chi connectivity index (χ0v) is 17.5. The lowest BCUT2D eigenvalue weighted by atomic mass is 9.86. The van der Waals surface area contributed by atoms with E-state index in [0.29, 0.717) is 23.0 Å². The van der Waals surface area contributed by atoms with E-state index in [1.54, 1.807) is 36.0 Å². The number of rotatable bonds is 3. The van der Waals surface area contributed by atoms with Gasteiger partial charge in [-0.05, 0) is 49.3 Å². The Hall–Kier alpha value is -2.68. The van der Waals surface area contributed by atoms with E-state index in [9.17, 15) is 0 Å². The first kappa shape index (κ1) is 11.6. The fourth-order valence-corrected chi connectivity index (χ4v) is 4.12. The molecule has 3 nitrogen and oxygen atoms in total. The van der Waals surface area contributed by atoms with Crippen molar-refractivity contribution in [1.29, 1.82) is 0 Å². The first-order valence-electron chi connectivity index (χ1n) is 14.8. The summed E-state index contributed by atoms with van der Waals surface area (Å²) in [4.78, 5) is 4.53. The quantitative estimate of drug-likeness (QED) is 0.343. The highest BCUT2D eigenvalue weighted by molar-refractivity contribution is 6.08. The summed E-state index contributed by atoms with van der Waals surface area (Å²) in [7, 11) is 1.78. The minimum atomic E-state index is -2.50. The van der Waals surface area contributed by atoms with Gasteiger partial charge in [-0.2, -0.15) is 0 Å². The molecule has 5 rings (SSSR count). The fraction of sp³-hybridized carbons (Fsp3) is 0.407. The Morgan fingerprint density at radius 3 is 2.73 bits per heavy atom. The van der Waals surface area contributed by atoms with Gasteiger partial charge in [0.25, 0.3) is 0 Å². The van der Waals surface area contributed by atoms with Crippen molar-refractivity contribution in [3.05, 3.63) is 59.4 Å². The van der Waals surface area contributed by atoms with Crippen molar-refractivity contribution in [1.82, 2.24) is 4.98 Å². The highest BCUT2D eigenvalue weighted by atomic mass is 16.3. The molecule has 1 fully saturated rings. The van der Waals surface area contributed by atoms with Crippen molar-refractivity contribution in [2.24, 2.45) is 7.05 Å². The van der Waals surface area contributed by atoms with E-state index in [-0.39, 0.29) is 24.2 Å². The number of hydrogen-bond acceptors (Lipinski definition) is 2. The predicted octanol–water partition coefficient (Wildman–Crippen LogP) is 6.95. The summed E-state index contributed by atoms with van der Waals surface area (Å²) in [6, 6.07) is 10.5. The Morgan fingerprint density at radius 2 is 1.97 bits per heavy atom. The summed E-state index contributed by atoms with van der Waals surface area (Å²) < 4.78 is 82.8. The first-order valence-corrected chi connectivity index (χ1v) is 10.3. The number of pyridine rings is 2. The molecule has 1 aliphatic rings. The minimum absolute atomic E-state index is 0.00339. The SMILES string of the molecule is [2H]C([2H])([2H])C([2H])(C)c1ccc(-c2c(C)ccc3c2oc2nc(C4([2H])C([2H])([2H])CCCC4([2H])[2H])ccc23)[n+](C)c1. The largest absolute Gasteiger partial charge is 0.437 e. The molecule has 1 atom stereocenters. The van der Waals surface area contributed by atoms with Gasteiger partial charge in [0, 0.05) is 46.3 Å². The predicted molar refractivity (Wildman–Crippen MR) is 123 cm³/mol. The molecule has 0 aliphatic heterocycles. The van der Waals surface area contributed by atoms with E-state index in [1.165, 1.54) is 13.0 Å². The highest BCUT2D eigenvalue weighted by Crippen LogP contribution is 2.38. The third-order valence-corrected chi connectivity index (χ3v) is 5.75. The van der Waals surface area contributed by atoms with Crippen LogP contribution in [-0.4, -0.2) is 4.98 Å². The second-order valence-electron chi connectivity index (χ2n) is 7.91. The summed E-state index contributed by atoms with van der Waals surface area (Å²) in [5.41, 5.74) is 3.45. The molecule has 1 aromatic carbocycles. The number of nitrogens with zero attached hydrogens (tertiary/aromatic N) is 2. The van der Waals surface area contributed by atoms with E-state index >= 15 is 0 Å². The summed E-state index contributed by atoms with van der Waals surface area (Å²) >= 11 is 0. The van der Waals surface area contributed by atoms with Crippen molar-refractivity contribution in [3.8, 4) is 11.3 Å². The van der Waals surface area contributed by atoms with Crippen LogP contribution in [0.1, 0.15) is 86.7 Å². The molecule has 0 saturated heterocycles. The Balaban J connectivity index is 1.69. The molecular formula is C27H31N2O+. The molecule has 0 radical (unpaired) electrons. The van der Waals surface area contributed by atoms with E-state index < -0.39 is 31.4 Å². The summed E-state index contributed by atoms with van der Waals surface area (Å²) in [5, 5.41) is 1.42. The second kappa shape index (κ2) is 7.54. The smallest absolute Gasteiger partial charge is 0.227 e. The molecule has 1 unspecified atom stereocenters. The fourth-order valence-electron chi connectivity index (χ4n) is 4.12. The molecule has 154 valence electrons. The monoisotopic (exact) mass is 408 g/mol. The van der Waals surface area contributed by atoms with Gasteiger partial charge in [0.1, 0.15) is 7.05 Å². The van der Waals surface area contributed by atoms with Crippen molar-refractivity contribution >= 4 is 22.1 Å². The number of furan rings is 1. The average molecular weight is 409 g/mol. The Labute approximate surface area is 191 Å². The normalized spacial score (nSPS) is 26.7. The maximum absolute atomic E-state index is 9.02. The zero-order chi connectivity index (χ0) is 28.8. The van der Waals surface area contributed by atoms with E-state index in [0.717, 1.165) is 22.2 Å². The van der Waals surface area contributed by atoms with Crippen LogP contribution in [0.5, 0.6) is 0 Å². The van der Waals surface area contributed by atoms with Gasteiger partial charge in [-0.25, -0.2) is 9.55 Å². The van der Waals surface area contributed by atoms with Crippen molar-refractivity contribution in [2.75, 3.05) is 0 Å². The molecule has 30 heavy (non-hydrogen) atoms. The van der Waals surface area contributed by atoms with Gasteiger partial charge in [-0.15, -0.1) is 0 Å². The van der Waals surface area contributed by atoms with Crippen LogP contribution < -0.4 is 4.57 Å². The standard InChI is InChI=1S/C27H31N2O/c1-17(2)20-11-15-24(29(4)16-20)25-18(3)10-12-21-22-13-14-23(19-8-6-5-7-9-19)28-27(22)30-26(21)25/h10-17,19H,5-9H2,1-4H3/q+1/i1D3,8D2,9D2,17D,19D. The lowest BCUT2D eigenvalue weighted by Gasteiger charge is -2.20. The number of aryl methyl sites for hydroxylation is 2. The van der Waals surface area contributed by atoms with Gasteiger partial charge in [-0.1, -0.05) is 45.2 Å². The average Bonchev–Trinajstić information content (AvgIpc) is 3.19. The molecule has 0 spiro atoms. The van der Waals surface area contributed by atoms with Gasteiger partial charge >= 0.3 is 0 Å². The zero-order valence-electron chi connectivity index (χ0n) is 26.5. The number of benzene rings is 1. The maximum atomic E-state index is 9.02. The van der Waals surface area contributed by atoms with Crippen molar-refractivity contribution in [2.45, 2.75) is 64.5 Å². The van der Waals surface area contributed by atoms with Crippen LogP contribution in [-0.2, 0) is 7.05 Å². The van der Waals surface area contributed by atoms with Gasteiger partial charge in [-0.3, -0.25) is 0 Å². The number of aromatic nitrogens is 2. The van der Waals surface area contributed by atoms with Crippen LogP contribution in [0, 0.1) is 6.92 Å². The molecule has 0 bridgehead atoms. The lowest BCUT2D eigenvalue weighted by Crippen LogP contribution is -2.31. The topological polar surface area (TPSA) is 29.9 Å². The number of fused-ring (bicyclic) bond motifs is 3. The van der Waals surface area contributed by atoms with Gasteiger partial charge in [0.2, 0.25) is 11.4 Å². The molecule has 0 N–H and O–H groups in total. The van der Waals surface area contributed by atoms with Crippen molar-refractivity contribution < 1.29 is 21.3 Å². The van der Waals surface area contributed by atoms with E-state index in [1.807, 2.05) is 19.1 Å². The van der Waals surface area contributed by atoms with Crippen molar-refractivity contribution in [3.63, 3.8) is 0 Å². The van der Waals surface area contributed by atoms with E-state index in [4.69, 9.17) is 16.8 Å². The maximum Gasteiger partial charge on any atom is 0.227 e.